The summed E-state index contributed by atoms with van der Waals surface area (Å²) in [6, 6.07) is 12.7. The van der Waals surface area contributed by atoms with Crippen LogP contribution in [0.4, 0.5) is 11.4 Å². The molecule has 6 heteroatoms. The number of aromatic nitrogens is 1. The van der Waals surface area contributed by atoms with Crippen molar-refractivity contribution in [2.75, 3.05) is 11.1 Å². The van der Waals surface area contributed by atoms with Gasteiger partial charge in [0.1, 0.15) is 5.56 Å². The van der Waals surface area contributed by atoms with Crippen molar-refractivity contribution >= 4 is 39.8 Å². The molecule has 5 nitrogen and oxygen atoms in total. The highest BCUT2D eigenvalue weighted by Gasteiger charge is 2.15. The summed E-state index contributed by atoms with van der Waals surface area (Å²) in [5.74, 6) is -1.05. The van der Waals surface area contributed by atoms with Crippen molar-refractivity contribution in [3.63, 3.8) is 0 Å². The minimum absolute atomic E-state index is 0.0927. The molecule has 0 spiro atoms. The smallest absolute Gasteiger partial charge is 0.339 e. The van der Waals surface area contributed by atoms with Gasteiger partial charge in [0.05, 0.1) is 16.9 Å². The number of rotatable bonds is 4. The summed E-state index contributed by atoms with van der Waals surface area (Å²) in [5.41, 5.74) is 8.44. The van der Waals surface area contributed by atoms with Gasteiger partial charge in [-0.25, -0.2) is 4.79 Å². The summed E-state index contributed by atoms with van der Waals surface area (Å²) in [4.78, 5) is 15.7. The van der Waals surface area contributed by atoms with E-state index in [9.17, 15) is 9.90 Å². The summed E-state index contributed by atoms with van der Waals surface area (Å²) in [5, 5.41) is 13.9. The third kappa shape index (κ3) is 2.91. The van der Waals surface area contributed by atoms with Crippen LogP contribution in [0.25, 0.3) is 10.9 Å². The van der Waals surface area contributed by atoms with Gasteiger partial charge in [-0.1, -0.05) is 41.9 Å². The maximum Gasteiger partial charge on any atom is 0.339 e. The van der Waals surface area contributed by atoms with Crippen LogP contribution in [0, 0.1) is 0 Å². The van der Waals surface area contributed by atoms with Gasteiger partial charge < -0.3 is 16.2 Å². The summed E-state index contributed by atoms with van der Waals surface area (Å²) in [6.07, 6.45) is 1.32. The number of para-hydroxylation sites is 1. The lowest BCUT2D eigenvalue weighted by Crippen LogP contribution is -2.08. The van der Waals surface area contributed by atoms with E-state index in [4.69, 9.17) is 17.3 Å². The largest absolute Gasteiger partial charge is 0.478 e. The standard InChI is InChI=1S/C17H14ClN3O2/c18-13-6-2-1-4-10(13)8-20-15-11-5-3-7-14(19)16(11)21-9-12(15)17(22)23/h1-7,9H,8,19H2,(H,20,21)(H,22,23). The van der Waals surface area contributed by atoms with Gasteiger partial charge in [-0.2, -0.15) is 0 Å². The van der Waals surface area contributed by atoms with E-state index in [2.05, 4.69) is 10.3 Å². The molecule has 3 rings (SSSR count). The number of benzene rings is 2. The maximum atomic E-state index is 11.5. The van der Waals surface area contributed by atoms with Gasteiger partial charge in [-0.05, 0) is 17.7 Å². The van der Waals surface area contributed by atoms with Gasteiger partial charge in [0, 0.05) is 23.2 Å². The highest BCUT2D eigenvalue weighted by molar-refractivity contribution is 6.31. The Morgan fingerprint density at radius 3 is 2.74 bits per heavy atom. The Balaban J connectivity index is 2.07. The first kappa shape index (κ1) is 15.1. The number of carbonyl (C=O) groups is 1. The second kappa shape index (κ2) is 6.14. The average Bonchev–Trinajstić information content (AvgIpc) is 2.54. The predicted octanol–water partition coefficient (Wildman–Crippen LogP) is 3.78. The number of carboxylic acid groups (broad SMARTS) is 1. The van der Waals surface area contributed by atoms with E-state index in [1.54, 1.807) is 24.3 Å². The summed E-state index contributed by atoms with van der Waals surface area (Å²) >= 11 is 6.15. The maximum absolute atomic E-state index is 11.5. The quantitative estimate of drug-likeness (QED) is 0.635. The van der Waals surface area contributed by atoms with E-state index >= 15 is 0 Å². The summed E-state index contributed by atoms with van der Waals surface area (Å²) < 4.78 is 0. The molecule has 0 fully saturated rings. The van der Waals surface area contributed by atoms with Crippen LogP contribution < -0.4 is 11.1 Å². The summed E-state index contributed by atoms with van der Waals surface area (Å²) in [7, 11) is 0. The molecule has 1 aromatic heterocycles. The zero-order chi connectivity index (χ0) is 16.4. The molecule has 0 aliphatic heterocycles. The third-order valence-electron chi connectivity index (χ3n) is 3.57. The predicted molar refractivity (Wildman–Crippen MR) is 91.9 cm³/mol. The van der Waals surface area contributed by atoms with E-state index < -0.39 is 5.97 Å². The Morgan fingerprint density at radius 1 is 1.22 bits per heavy atom. The number of pyridine rings is 1. The molecule has 0 radical (unpaired) electrons. The fourth-order valence-corrected chi connectivity index (χ4v) is 2.63. The lowest BCUT2D eigenvalue weighted by molar-refractivity contribution is 0.0697. The first-order chi connectivity index (χ1) is 11.1. The summed E-state index contributed by atoms with van der Waals surface area (Å²) in [6.45, 7) is 0.397. The Bertz CT molecular complexity index is 896. The highest BCUT2D eigenvalue weighted by atomic mass is 35.5. The lowest BCUT2D eigenvalue weighted by Gasteiger charge is -2.14. The Morgan fingerprint density at radius 2 is 2.00 bits per heavy atom. The molecule has 2 aromatic carbocycles. The number of hydrogen-bond acceptors (Lipinski definition) is 4. The van der Waals surface area contributed by atoms with Gasteiger partial charge in [-0.3, -0.25) is 4.98 Å². The number of hydrogen-bond donors (Lipinski definition) is 3. The van der Waals surface area contributed by atoms with Gasteiger partial charge in [0.2, 0.25) is 0 Å². The van der Waals surface area contributed by atoms with E-state index in [1.165, 1.54) is 6.20 Å². The first-order valence-corrected chi connectivity index (χ1v) is 7.33. The molecule has 0 bridgehead atoms. The SMILES string of the molecule is Nc1cccc2c(NCc3ccccc3Cl)c(C(=O)O)cnc12. The number of nitrogens with one attached hydrogen (secondary N) is 1. The zero-order valence-electron chi connectivity index (χ0n) is 12.1. The molecule has 0 aliphatic carbocycles. The minimum atomic E-state index is -1.05. The number of fused-ring (bicyclic) bond motifs is 1. The molecule has 4 N–H and O–H groups in total. The molecular weight excluding hydrogens is 314 g/mol. The van der Waals surface area contributed by atoms with Crippen LogP contribution >= 0.6 is 11.6 Å². The van der Waals surface area contributed by atoms with Crippen molar-refractivity contribution in [3.05, 3.63) is 64.8 Å². The number of halogens is 1. The van der Waals surface area contributed by atoms with E-state index in [0.29, 0.717) is 33.8 Å². The number of carboxylic acids is 1. The molecule has 1 heterocycles. The molecule has 0 saturated carbocycles. The third-order valence-corrected chi connectivity index (χ3v) is 3.94. The average molecular weight is 328 g/mol. The first-order valence-electron chi connectivity index (χ1n) is 6.95. The topological polar surface area (TPSA) is 88.2 Å². The van der Waals surface area contributed by atoms with Crippen LogP contribution in [-0.2, 0) is 6.54 Å². The van der Waals surface area contributed by atoms with Crippen LogP contribution in [0.1, 0.15) is 15.9 Å². The van der Waals surface area contributed by atoms with E-state index in [0.717, 1.165) is 5.56 Å². The molecule has 23 heavy (non-hydrogen) atoms. The molecule has 0 amide bonds. The van der Waals surface area contributed by atoms with Gasteiger partial charge >= 0.3 is 5.97 Å². The number of nitrogens with zero attached hydrogens (tertiary/aromatic N) is 1. The molecular formula is C17H14ClN3O2. The van der Waals surface area contributed by atoms with Crippen molar-refractivity contribution in [2.45, 2.75) is 6.54 Å². The molecule has 0 aliphatic rings. The van der Waals surface area contributed by atoms with Crippen molar-refractivity contribution < 1.29 is 9.90 Å². The number of anilines is 2. The number of nitrogens with two attached hydrogens (primary N) is 1. The minimum Gasteiger partial charge on any atom is -0.478 e. The van der Waals surface area contributed by atoms with Gasteiger partial charge in [0.25, 0.3) is 0 Å². The van der Waals surface area contributed by atoms with Crippen LogP contribution in [0.2, 0.25) is 5.02 Å². The monoisotopic (exact) mass is 327 g/mol. The molecule has 0 atom stereocenters. The van der Waals surface area contributed by atoms with Crippen molar-refractivity contribution in [1.82, 2.24) is 4.98 Å². The number of nitrogen functional groups attached to an aromatic ring is 1. The number of aromatic carboxylic acids is 1. The van der Waals surface area contributed by atoms with E-state index in [-0.39, 0.29) is 5.56 Å². The van der Waals surface area contributed by atoms with Crippen molar-refractivity contribution in [2.24, 2.45) is 0 Å². The fourth-order valence-electron chi connectivity index (χ4n) is 2.42. The Hall–Kier alpha value is -2.79. The van der Waals surface area contributed by atoms with Crippen LogP contribution in [-0.4, -0.2) is 16.1 Å². The van der Waals surface area contributed by atoms with Gasteiger partial charge in [-0.15, -0.1) is 0 Å². The molecule has 116 valence electrons. The zero-order valence-corrected chi connectivity index (χ0v) is 12.8. The van der Waals surface area contributed by atoms with Crippen LogP contribution in [0.3, 0.4) is 0 Å². The highest BCUT2D eigenvalue weighted by Crippen LogP contribution is 2.30. The second-order valence-electron chi connectivity index (χ2n) is 5.04. The van der Waals surface area contributed by atoms with E-state index in [1.807, 2.05) is 18.2 Å². The molecule has 0 saturated heterocycles. The molecule has 0 unspecified atom stereocenters. The Kier molecular flexibility index (Phi) is 4.04. The lowest BCUT2D eigenvalue weighted by atomic mass is 10.1. The molecule has 3 aromatic rings. The van der Waals surface area contributed by atoms with Crippen molar-refractivity contribution in [1.29, 1.82) is 0 Å². The second-order valence-corrected chi connectivity index (χ2v) is 5.45. The van der Waals surface area contributed by atoms with Crippen LogP contribution in [0.5, 0.6) is 0 Å². The van der Waals surface area contributed by atoms with Gasteiger partial charge in [0.15, 0.2) is 0 Å². The van der Waals surface area contributed by atoms with Crippen LogP contribution in [0.15, 0.2) is 48.7 Å². The normalized spacial score (nSPS) is 10.7. The van der Waals surface area contributed by atoms with Crippen molar-refractivity contribution in [3.8, 4) is 0 Å². The Labute approximate surface area is 137 Å². The fraction of sp³-hybridized carbons (Fsp3) is 0.0588.